The molecule has 11 heteroatoms. The fraction of sp³-hybridized carbons (Fsp3) is 0.914. The molecule has 1 amide bonds. The van der Waals surface area contributed by atoms with Crippen molar-refractivity contribution >= 4 is 11.9 Å². The summed E-state index contributed by atoms with van der Waals surface area (Å²) in [5.74, 6) is -1.18. The van der Waals surface area contributed by atoms with Crippen LogP contribution in [0, 0.1) is 0 Å². The molecule has 0 saturated carbocycles. The first-order chi connectivity index (χ1) is 39.7. The number of hydrogen-bond acceptors (Lipinski definition) is 10. The lowest BCUT2D eigenvalue weighted by Gasteiger charge is -2.41. The van der Waals surface area contributed by atoms with E-state index >= 15 is 0 Å². The summed E-state index contributed by atoms with van der Waals surface area (Å²) in [6.45, 7) is 5.84. The van der Waals surface area contributed by atoms with Crippen molar-refractivity contribution in [2.24, 2.45) is 0 Å². The highest BCUT2D eigenvalue weighted by Gasteiger charge is 2.47. The van der Waals surface area contributed by atoms with Gasteiger partial charge in [-0.1, -0.05) is 315 Å². The molecule has 0 aromatic carbocycles. The van der Waals surface area contributed by atoms with E-state index in [4.69, 9.17) is 14.2 Å². The summed E-state index contributed by atoms with van der Waals surface area (Å²) in [6.07, 6.45) is 59.3. The SMILES string of the molecule is CCCCCCCC/C=C/CCCCCCCCCCCCCCC(O)C(=O)NC(COC1OC(CO)C(O)C(O)C1OC(=O)CCCCCCCCCCCCCCCCCCC)C(O)/C=C/CCCCCCCCCCCCC. The highest BCUT2D eigenvalue weighted by atomic mass is 16.7. The molecule has 81 heavy (non-hydrogen) atoms. The number of aliphatic hydroxyl groups is 5. The van der Waals surface area contributed by atoms with Gasteiger partial charge in [0.05, 0.1) is 25.4 Å². The van der Waals surface area contributed by atoms with Gasteiger partial charge in [-0.05, 0) is 51.4 Å². The molecule has 0 aromatic rings. The number of amides is 1. The summed E-state index contributed by atoms with van der Waals surface area (Å²) in [6, 6.07) is -1.02. The molecule has 1 aliphatic rings. The van der Waals surface area contributed by atoms with Gasteiger partial charge in [0.1, 0.15) is 24.4 Å². The van der Waals surface area contributed by atoms with E-state index in [0.717, 1.165) is 57.8 Å². The molecule has 1 aliphatic heterocycles. The molecular formula is C70H133NO10. The predicted molar refractivity (Wildman–Crippen MR) is 338 cm³/mol. The van der Waals surface area contributed by atoms with Crippen molar-refractivity contribution in [2.45, 2.75) is 397 Å². The van der Waals surface area contributed by atoms with Crippen molar-refractivity contribution in [3.8, 4) is 0 Å². The van der Waals surface area contributed by atoms with Crippen molar-refractivity contribution in [3.05, 3.63) is 24.3 Å². The van der Waals surface area contributed by atoms with Crippen LogP contribution >= 0.6 is 0 Å². The van der Waals surface area contributed by atoms with Crippen molar-refractivity contribution in [1.82, 2.24) is 5.32 Å². The molecular weight excluding hydrogens is 1010 g/mol. The molecule has 1 fully saturated rings. The molecule has 11 nitrogen and oxygen atoms in total. The highest BCUT2D eigenvalue weighted by Crippen LogP contribution is 2.26. The number of hydrogen-bond donors (Lipinski definition) is 6. The van der Waals surface area contributed by atoms with E-state index in [9.17, 15) is 35.1 Å². The topological polar surface area (TPSA) is 175 Å². The Morgan fingerprint density at radius 3 is 1.20 bits per heavy atom. The standard InChI is InChI=1S/C70H133NO10/c1-4-7-10-13-16-19-22-25-27-29-30-31-32-33-35-36-39-42-45-48-51-54-57-63(74)69(78)71-61(62(73)56-53-50-47-44-41-38-24-21-18-15-12-9-6-3)60-79-70-68(67(77)66(76)64(59-72)80-70)81-65(75)58-55-52-49-46-43-40-37-34-28-26-23-20-17-14-11-8-5-2/h25,27,53,56,61-64,66-68,70,72-74,76-77H,4-24,26,28-52,54-55,57-60H2,1-3H3,(H,71,78)/b27-25+,56-53+. The first-order valence-corrected chi connectivity index (χ1v) is 35.1. The van der Waals surface area contributed by atoms with Gasteiger partial charge in [0.2, 0.25) is 5.91 Å². The van der Waals surface area contributed by atoms with Crippen LogP contribution in [0.2, 0.25) is 0 Å². The zero-order chi connectivity index (χ0) is 58.9. The van der Waals surface area contributed by atoms with Gasteiger partial charge in [-0.3, -0.25) is 9.59 Å². The van der Waals surface area contributed by atoms with Crippen LogP contribution in [0.3, 0.4) is 0 Å². The second-order valence-corrected chi connectivity index (χ2v) is 24.6. The summed E-state index contributed by atoms with van der Waals surface area (Å²) < 4.78 is 17.7. The Hall–Kier alpha value is -1.86. The van der Waals surface area contributed by atoms with Gasteiger partial charge >= 0.3 is 5.97 Å². The summed E-state index contributed by atoms with van der Waals surface area (Å²) in [7, 11) is 0. The number of unbranched alkanes of at least 4 members (excludes halogenated alkanes) is 45. The van der Waals surface area contributed by atoms with Crippen LogP contribution < -0.4 is 5.32 Å². The van der Waals surface area contributed by atoms with Crippen molar-refractivity contribution in [1.29, 1.82) is 0 Å². The number of carbonyl (C=O) groups is 2. The fourth-order valence-electron chi connectivity index (χ4n) is 11.3. The second kappa shape index (κ2) is 58.5. The monoisotopic (exact) mass is 1150 g/mol. The molecule has 8 atom stereocenters. The Balaban J connectivity index is 2.60. The van der Waals surface area contributed by atoms with Gasteiger partial charge < -0.3 is 45.1 Å². The van der Waals surface area contributed by atoms with Crippen molar-refractivity contribution in [3.63, 3.8) is 0 Å². The van der Waals surface area contributed by atoms with E-state index in [0.29, 0.717) is 19.3 Å². The Morgan fingerprint density at radius 1 is 0.469 bits per heavy atom. The largest absolute Gasteiger partial charge is 0.454 e. The molecule has 0 aromatic heterocycles. The lowest BCUT2D eigenvalue weighted by molar-refractivity contribution is -0.305. The average molecular weight is 1150 g/mol. The number of carbonyl (C=O) groups excluding carboxylic acids is 2. The van der Waals surface area contributed by atoms with Gasteiger partial charge in [-0.15, -0.1) is 0 Å². The zero-order valence-corrected chi connectivity index (χ0v) is 53.2. The third kappa shape index (κ3) is 46.1. The van der Waals surface area contributed by atoms with Crippen LogP contribution in [0.25, 0.3) is 0 Å². The number of ether oxygens (including phenoxy) is 3. The number of rotatable bonds is 61. The van der Waals surface area contributed by atoms with Crippen LogP contribution in [0.1, 0.15) is 348 Å². The lowest BCUT2D eigenvalue weighted by atomic mass is 9.99. The van der Waals surface area contributed by atoms with E-state index in [2.05, 4.69) is 38.2 Å². The molecule has 1 heterocycles. The quantitative estimate of drug-likeness (QED) is 0.0195. The summed E-state index contributed by atoms with van der Waals surface area (Å²) in [5, 5.41) is 57.2. The van der Waals surface area contributed by atoms with Crippen LogP contribution in [0.15, 0.2) is 24.3 Å². The number of aliphatic hydroxyl groups excluding tert-OH is 5. The van der Waals surface area contributed by atoms with Crippen molar-refractivity contribution in [2.75, 3.05) is 13.2 Å². The smallest absolute Gasteiger partial charge is 0.306 e. The lowest BCUT2D eigenvalue weighted by Crippen LogP contribution is -2.61. The van der Waals surface area contributed by atoms with Crippen LogP contribution in [0.4, 0.5) is 0 Å². The Kier molecular flexibility index (Phi) is 55.7. The maximum atomic E-state index is 13.5. The Labute approximate surface area is 499 Å². The Bertz CT molecular complexity index is 1410. The Morgan fingerprint density at radius 2 is 0.815 bits per heavy atom. The zero-order valence-electron chi connectivity index (χ0n) is 53.2. The molecule has 0 bridgehead atoms. The maximum Gasteiger partial charge on any atom is 0.306 e. The van der Waals surface area contributed by atoms with Crippen LogP contribution in [-0.4, -0.2) is 99.6 Å². The molecule has 1 saturated heterocycles. The van der Waals surface area contributed by atoms with Gasteiger partial charge in [-0.2, -0.15) is 0 Å². The van der Waals surface area contributed by atoms with Crippen LogP contribution in [-0.2, 0) is 23.8 Å². The van der Waals surface area contributed by atoms with E-state index in [1.54, 1.807) is 6.08 Å². The normalized spacial score (nSPS) is 18.7. The van der Waals surface area contributed by atoms with Crippen LogP contribution in [0.5, 0.6) is 0 Å². The predicted octanol–water partition coefficient (Wildman–Crippen LogP) is 17.6. The molecule has 8 unspecified atom stereocenters. The van der Waals surface area contributed by atoms with Crippen molar-refractivity contribution < 1.29 is 49.3 Å². The highest BCUT2D eigenvalue weighted by molar-refractivity contribution is 5.80. The van der Waals surface area contributed by atoms with E-state index in [-0.39, 0.29) is 13.0 Å². The summed E-state index contributed by atoms with van der Waals surface area (Å²) in [5.41, 5.74) is 0. The third-order valence-electron chi connectivity index (χ3n) is 16.9. The van der Waals surface area contributed by atoms with Gasteiger partial charge in [0.25, 0.3) is 0 Å². The first-order valence-electron chi connectivity index (χ1n) is 35.1. The maximum absolute atomic E-state index is 13.5. The summed E-state index contributed by atoms with van der Waals surface area (Å²) >= 11 is 0. The second-order valence-electron chi connectivity index (χ2n) is 24.6. The minimum absolute atomic E-state index is 0.130. The molecule has 6 N–H and O–H groups in total. The molecule has 0 spiro atoms. The number of esters is 1. The minimum Gasteiger partial charge on any atom is -0.454 e. The van der Waals surface area contributed by atoms with Gasteiger partial charge in [-0.25, -0.2) is 0 Å². The molecule has 478 valence electrons. The molecule has 0 radical (unpaired) electrons. The molecule has 0 aliphatic carbocycles. The first kappa shape index (κ1) is 77.2. The van der Waals surface area contributed by atoms with E-state index in [1.807, 2.05) is 6.08 Å². The van der Waals surface area contributed by atoms with Gasteiger partial charge in [0, 0.05) is 6.42 Å². The number of nitrogens with one attached hydrogen (secondary N) is 1. The van der Waals surface area contributed by atoms with E-state index < -0.39 is 67.4 Å². The number of allylic oxidation sites excluding steroid dienone is 3. The molecule has 1 rings (SSSR count). The average Bonchev–Trinajstić information content (AvgIpc) is 3.49. The van der Waals surface area contributed by atoms with E-state index in [1.165, 1.54) is 244 Å². The fourth-order valence-corrected chi connectivity index (χ4v) is 11.3. The third-order valence-corrected chi connectivity index (χ3v) is 16.9. The van der Waals surface area contributed by atoms with Gasteiger partial charge in [0.15, 0.2) is 12.4 Å². The summed E-state index contributed by atoms with van der Waals surface area (Å²) in [4.78, 5) is 26.6. The minimum atomic E-state index is -1.61.